The third-order valence-electron chi connectivity index (χ3n) is 3.71. The van der Waals surface area contributed by atoms with Crippen molar-refractivity contribution in [2.75, 3.05) is 19.7 Å². The molecule has 0 atom stereocenters. The summed E-state index contributed by atoms with van der Waals surface area (Å²) in [5.41, 5.74) is -0.454. The molecular formula is C12H21F2NO2. The Kier molecular flexibility index (Phi) is 5.31. The maximum atomic E-state index is 12.4. The average Bonchev–Trinajstić information content (AvgIpc) is 2.76. The molecule has 0 aliphatic heterocycles. The number of hydrogen-bond acceptors (Lipinski definition) is 2. The largest absolute Gasteiger partial charge is 0.395 e. The van der Waals surface area contributed by atoms with Crippen molar-refractivity contribution >= 4 is 5.91 Å². The quantitative estimate of drug-likeness (QED) is 0.782. The molecule has 0 unspecified atom stereocenters. The van der Waals surface area contributed by atoms with Gasteiger partial charge in [-0.15, -0.1) is 0 Å². The van der Waals surface area contributed by atoms with Crippen LogP contribution in [0.1, 0.15) is 39.0 Å². The third kappa shape index (κ3) is 3.37. The van der Waals surface area contributed by atoms with E-state index >= 15 is 0 Å². The lowest BCUT2D eigenvalue weighted by atomic mass is 9.82. The zero-order valence-electron chi connectivity index (χ0n) is 10.3. The fourth-order valence-electron chi connectivity index (χ4n) is 2.67. The highest BCUT2D eigenvalue weighted by atomic mass is 19.3. The van der Waals surface area contributed by atoms with Crippen molar-refractivity contribution in [3.8, 4) is 0 Å². The van der Waals surface area contributed by atoms with Crippen LogP contribution in [0.25, 0.3) is 0 Å². The summed E-state index contributed by atoms with van der Waals surface area (Å²) in [7, 11) is 0. The average molecular weight is 249 g/mol. The van der Waals surface area contributed by atoms with E-state index in [1.807, 2.05) is 6.92 Å². The van der Waals surface area contributed by atoms with E-state index in [4.69, 9.17) is 5.11 Å². The predicted octanol–water partition coefficient (Wildman–Crippen LogP) is 2.04. The number of hydrogen-bond donors (Lipinski definition) is 1. The lowest BCUT2D eigenvalue weighted by Crippen LogP contribution is -2.45. The van der Waals surface area contributed by atoms with Crippen LogP contribution in [0.4, 0.5) is 8.78 Å². The van der Waals surface area contributed by atoms with Crippen LogP contribution in [-0.2, 0) is 4.79 Å². The fourth-order valence-corrected chi connectivity index (χ4v) is 2.67. The summed E-state index contributed by atoms with van der Waals surface area (Å²) in [6.45, 7) is 1.10. The molecule has 1 saturated carbocycles. The Morgan fingerprint density at radius 3 is 2.41 bits per heavy atom. The highest BCUT2D eigenvalue weighted by Crippen LogP contribution is 2.42. The van der Waals surface area contributed by atoms with Gasteiger partial charge in [-0.3, -0.25) is 4.79 Å². The molecule has 0 saturated heterocycles. The molecule has 3 nitrogen and oxygen atoms in total. The van der Waals surface area contributed by atoms with Gasteiger partial charge in [-0.05, 0) is 19.3 Å². The van der Waals surface area contributed by atoms with Gasteiger partial charge in [-0.25, -0.2) is 8.78 Å². The number of amides is 1. The Hall–Kier alpha value is -0.710. The number of alkyl halides is 2. The predicted molar refractivity (Wildman–Crippen MR) is 60.9 cm³/mol. The van der Waals surface area contributed by atoms with Crippen LogP contribution in [0.15, 0.2) is 0 Å². The fraction of sp³-hybridized carbons (Fsp3) is 0.917. The molecule has 17 heavy (non-hydrogen) atoms. The lowest BCUT2D eigenvalue weighted by Gasteiger charge is -2.33. The molecule has 0 heterocycles. The molecule has 0 bridgehead atoms. The van der Waals surface area contributed by atoms with Crippen LogP contribution in [0.5, 0.6) is 0 Å². The van der Waals surface area contributed by atoms with Crippen LogP contribution < -0.4 is 0 Å². The number of aliphatic hydroxyl groups excluding tert-OH is 1. The van der Waals surface area contributed by atoms with Gasteiger partial charge in [0.2, 0.25) is 5.91 Å². The van der Waals surface area contributed by atoms with E-state index < -0.39 is 18.4 Å². The first kappa shape index (κ1) is 14.4. The minimum absolute atomic E-state index is 0.00488. The summed E-state index contributed by atoms with van der Waals surface area (Å²) < 4.78 is 24.8. The Bertz CT molecular complexity index is 253. The highest BCUT2D eigenvalue weighted by molar-refractivity contribution is 5.83. The van der Waals surface area contributed by atoms with E-state index in [-0.39, 0.29) is 19.1 Å². The van der Waals surface area contributed by atoms with Crippen molar-refractivity contribution in [1.29, 1.82) is 0 Å². The molecule has 0 aromatic rings. The topological polar surface area (TPSA) is 40.5 Å². The molecule has 1 aliphatic rings. The second-order valence-corrected chi connectivity index (χ2v) is 4.71. The SMILES string of the molecule is CCC1(C(=O)N(CCO)CC(F)F)CCCC1. The molecular weight excluding hydrogens is 228 g/mol. The van der Waals surface area contributed by atoms with Gasteiger partial charge in [-0.2, -0.15) is 0 Å². The van der Waals surface area contributed by atoms with Gasteiger partial charge in [0, 0.05) is 12.0 Å². The number of carbonyl (C=O) groups excluding carboxylic acids is 1. The summed E-state index contributed by atoms with van der Waals surface area (Å²) in [6.07, 6.45) is 1.70. The van der Waals surface area contributed by atoms with Gasteiger partial charge in [0.05, 0.1) is 13.2 Å². The maximum absolute atomic E-state index is 12.4. The Morgan fingerprint density at radius 1 is 1.41 bits per heavy atom. The van der Waals surface area contributed by atoms with Crippen LogP contribution >= 0.6 is 0 Å². The summed E-state index contributed by atoms with van der Waals surface area (Å²) in [4.78, 5) is 13.4. The molecule has 0 radical (unpaired) electrons. The number of nitrogens with zero attached hydrogens (tertiary/aromatic N) is 1. The highest BCUT2D eigenvalue weighted by Gasteiger charge is 2.42. The Morgan fingerprint density at radius 2 is 2.00 bits per heavy atom. The second-order valence-electron chi connectivity index (χ2n) is 4.71. The number of halogens is 2. The molecule has 100 valence electrons. The van der Waals surface area contributed by atoms with Gasteiger partial charge in [0.25, 0.3) is 6.43 Å². The van der Waals surface area contributed by atoms with Gasteiger partial charge >= 0.3 is 0 Å². The Balaban J connectivity index is 2.74. The van der Waals surface area contributed by atoms with E-state index in [1.165, 1.54) is 0 Å². The smallest absolute Gasteiger partial charge is 0.255 e. The molecule has 1 amide bonds. The summed E-state index contributed by atoms with van der Waals surface area (Å²) in [5.74, 6) is -0.202. The van der Waals surface area contributed by atoms with Crippen molar-refractivity contribution in [1.82, 2.24) is 4.90 Å². The third-order valence-corrected chi connectivity index (χ3v) is 3.71. The van der Waals surface area contributed by atoms with Crippen LogP contribution in [0.2, 0.25) is 0 Å². The van der Waals surface area contributed by atoms with Gasteiger partial charge in [-0.1, -0.05) is 19.8 Å². The van der Waals surface area contributed by atoms with E-state index in [1.54, 1.807) is 0 Å². The van der Waals surface area contributed by atoms with E-state index in [2.05, 4.69) is 0 Å². The first-order valence-electron chi connectivity index (χ1n) is 6.24. The van der Waals surface area contributed by atoms with Crippen molar-refractivity contribution in [2.45, 2.75) is 45.5 Å². The monoisotopic (exact) mass is 249 g/mol. The van der Waals surface area contributed by atoms with Crippen LogP contribution in [0.3, 0.4) is 0 Å². The van der Waals surface area contributed by atoms with Gasteiger partial charge in [0.15, 0.2) is 0 Å². The molecule has 0 spiro atoms. The summed E-state index contributed by atoms with van der Waals surface area (Å²) in [5, 5.41) is 8.86. The van der Waals surface area contributed by atoms with Crippen molar-refractivity contribution in [3.63, 3.8) is 0 Å². The van der Waals surface area contributed by atoms with Crippen molar-refractivity contribution in [2.24, 2.45) is 5.41 Å². The number of rotatable bonds is 6. The zero-order chi connectivity index (χ0) is 12.9. The van der Waals surface area contributed by atoms with Crippen LogP contribution in [0, 0.1) is 5.41 Å². The molecule has 1 N–H and O–H groups in total. The van der Waals surface area contributed by atoms with E-state index in [0.29, 0.717) is 6.42 Å². The lowest BCUT2D eigenvalue weighted by molar-refractivity contribution is -0.144. The zero-order valence-corrected chi connectivity index (χ0v) is 10.3. The Labute approximate surface area is 101 Å². The molecule has 1 fully saturated rings. The normalized spacial score (nSPS) is 18.6. The second kappa shape index (κ2) is 6.28. The van der Waals surface area contributed by atoms with Crippen LogP contribution in [-0.4, -0.2) is 42.0 Å². The van der Waals surface area contributed by atoms with Gasteiger partial charge < -0.3 is 10.0 Å². The molecule has 0 aromatic carbocycles. The summed E-state index contributed by atoms with van der Waals surface area (Å²) >= 11 is 0. The van der Waals surface area contributed by atoms with E-state index in [9.17, 15) is 13.6 Å². The molecule has 0 aromatic heterocycles. The minimum atomic E-state index is -2.54. The first-order valence-corrected chi connectivity index (χ1v) is 6.24. The maximum Gasteiger partial charge on any atom is 0.255 e. The molecule has 1 rings (SSSR count). The van der Waals surface area contributed by atoms with Gasteiger partial charge in [0.1, 0.15) is 0 Å². The number of carbonyl (C=O) groups is 1. The molecule has 1 aliphatic carbocycles. The number of aliphatic hydroxyl groups is 1. The standard InChI is InChI=1S/C12H21F2NO2/c1-2-12(5-3-4-6-12)11(17)15(7-8-16)9-10(13)14/h10,16H,2-9H2,1H3. The first-order chi connectivity index (χ1) is 8.05. The van der Waals surface area contributed by atoms with Crippen molar-refractivity contribution < 1.29 is 18.7 Å². The minimum Gasteiger partial charge on any atom is -0.395 e. The van der Waals surface area contributed by atoms with E-state index in [0.717, 1.165) is 30.6 Å². The summed E-state index contributed by atoms with van der Waals surface area (Å²) in [6, 6.07) is 0. The molecule has 5 heteroatoms. The van der Waals surface area contributed by atoms with Crippen molar-refractivity contribution in [3.05, 3.63) is 0 Å².